The average Bonchev–Trinajstić information content (AvgIpc) is 3.02. The number of esters is 1. The Balaban J connectivity index is 2.20. The van der Waals surface area contributed by atoms with Crippen LogP contribution in [0.3, 0.4) is 0 Å². The van der Waals surface area contributed by atoms with Gasteiger partial charge in [-0.2, -0.15) is 0 Å². The van der Waals surface area contributed by atoms with Gasteiger partial charge >= 0.3 is 11.9 Å². The first-order valence-corrected chi connectivity index (χ1v) is 8.01. The van der Waals surface area contributed by atoms with Crippen LogP contribution in [0.15, 0.2) is 41.8 Å². The number of hydrogen-bond acceptors (Lipinski definition) is 5. The second kappa shape index (κ2) is 7.27. The smallest absolute Gasteiger partial charge is 0.350 e. The number of carbonyl (C=O) groups is 3. The molecule has 0 unspecified atom stereocenters. The fourth-order valence-electron chi connectivity index (χ4n) is 2.28. The van der Waals surface area contributed by atoms with E-state index in [2.05, 4.69) is 10.1 Å². The molecule has 126 valence electrons. The van der Waals surface area contributed by atoms with Gasteiger partial charge in [0, 0.05) is 6.42 Å². The first-order valence-electron chi connectivity index (χ1n) is 7.13. The molecular formula is C17H17NO5S. The number of amides is 1. The summed E-state index contributed by atoms with van der Waals surface area (Å²) in [4.78, 5) is 36.0. The van der Waals surface area contributed by atoms with Crippen LogP contribution in [0.1, 0.15) is 28.6 Å². The molecule has 0 aliphatic heterocycles. The average molecular weight is 347 g/mol. The number of nitrogens with one attached hydrogen (secondary N) is 1. The number of ether oxygens (including phenoxy) is 1. The number of carboxylic acids is 1. The SMILES string of the molecule is COC(=O)c1sccc1NC(=O)C[C@](C)(C(=O)O)c1ccccc1. The molecule has 1 aromatic carbocycles. The number of rotatable bonds is 6. The second-order valence-electron chi connectivity index (χ2n) is 5.38. The highest BCUT2D eigenvalue weighted by atomic mass is 32.1. The van der Waals surface area contributed by atoms with Crippen LogP contribution in [-0.2, 0) is 19.7 Å². The maximum atomic E-state index is 12.3. The fourth-order valence-corrected chi connectivity index (χ4v) is 3.05. The number of hydrogen-bond donors (Lipinski definition) is 2. The summed E-state index contributed by atoms with van der Waals surface area (Å²) in [5.41, 5.74) is -0.518. The lowest BCUT2D eigenvalue weighted by Gasteiger charge is -2.24. The number of thiophene rings is 1. The summed E-state index contributed by atoms with van der Waals surface area (Å²) in [7, 11) is 1.25. The third-order valence-corrected chi connectivity index (χ3v) is 4.60. The van der Waals surface area contributed by atoms with Crippen molar-refractivity contribution >= 4 is 34.9 Å². The quantitative estimate of drug-likeness (QED) is 0.784. The number of benzene rings is 1. The van der Waals surface area contributed by atoms with Crippen LogP contribution in [-0.4, -0.2) is 30.1 Å². The van der Waals surface area contributed by atoms with E-state index < -0.39 is 23.3 Å². The maximum absolute atomic E-state index is 12.3. The van der Waals surface area contributed by atoms with Gasteiger partial charge in [0.25, 0.3) is 0 Å². The van der Waals surface area contributed by atoms with Gasteiger partial charge in [-0.1, -0.05) is 30.3 Å². The van der Waals surface area contributed by atoms with E-state index in [0.29, 0.717) is 11.3 Å². The van der Waals surface area contributed by atoms with Gasteiger partial charge in [0.1, 0.15) is 4.88 Å². The van der Waals surface area contributed by atoms with E-state index in [1.54, 1.807) is 41.8 Å². The van der Waals surface area contributed by atoms with E-state index in [-0.39, 0.29) is 11.3 Å². The molecule has 24 heavy (non-hydrogen) atoms. The number of anilines is 1. The van der Waals surface area contributed by atoms with Crippen LogP contribution in [0, 0.1) is 0 Å². The van der Waals surface area contributed by atoms with E-state index >= 15 is 0 Å². The van der Waals surface area contributed by atoms with Crippen LogP contribution < -0.4 is 5.32 Å². The van der Waals surface area contributed by atoms with Gasteiger partial charge in [0.05, 0.1) is 18.2 Å². The van der Waals surface area contributed by atoms with E-state index in [9.17, 15) is 19.5 Å². The summed E-state index contributed by atoms with van der Waals surface area (Å²) in [5, 5.41) is 13.8. The van der Waals surface area contributed by atoms with Crippen molar-refractivity contribution in [3.8, 4) is 0 Å². The molecule has 7 heteroatoms. The Hall–Kier alpha value is -2.67. The van der Waals surface area contributed by atoms with Crippen molar-refractivity contribution in [1.29, 1.82) is 0 Å². The van der Waals surface area contributed by atoms with Crippen molar-refractivity contribution in [2.45, 2.75) is 18.8 Å². The molecule has 6 nitrogen and oxygen atoms in total. The van der Waals surface area contributed by atoms with Gasteiger partial charge in [0.2, 0.25) is 5.91 Å². The van der Waals surface area contributed by atoms with Crippen LogP contribution in [0.4, 0.5) is 5.69 Å². The van der Waals surface area contributed by atoms with Gasteiger partial charge in [-0.3, -0.25) is 9.59 Å². The molecule has 2 rings (SSSR count). The molecule has 0 fully saturated rings. The lowest BCUT2D eigenvalue weighted by Crippen LogP contribution is -2.36. The van der Waals surface area contributed by atoms with E-state index in [1.807, 2.05) is 0 Å². The van der Waals surface area contributed by atoms with Crippen molar-refractivity contribution in [1.82, 2.24) is 0 Å². The summed E-state index contributed by atoms with van der Waals surface area (Å²) in [6.07, 6.45) is -0.261. The van der Waals surface area contributed by atoms with E-state index in [0.717, 1.165) is 11.3 Å². The number of aliphatic carboxylic acids is 1. The zero-order valence-electron chi connectivity index (χ0n) is 13.2. The molecule has 0 aliphatic carbocycles. The molecule has 1 atom stereocenters. The maximum Gasteiger partial charge on any atom is 0.350 e. The highest BCUT2D eigenvalue weighted by Gasteiger charge is 2.37. The monoisotopic (exact) mass is 347 g/mol. The van der Waals surface area contributed by atoms with Crippen molar-refractivity contribution < 1.29 is 24.2 Å². The largest absolute Gasteiger partial charge is 0.481 e. The Morgan fingerprint density at radius 3 is 2.46 bits per heavy atom. The first-order chi connectivity index (χ1) is 11.4. The van der Waals surface area contributed by atoms with Gasteiger partial charge in [-0.15, -0.1) is 11.3 Å². The first kappa shape index (κ1) is 17.7. The number of carbonyl (C=O) groups excluding carboxylic acids is 2. The summed E-state index contributed by atoms with van der Waals surface area (Å²) >= 11 is 1.14. The molecule has 0 radical (unpaired) electrons. The van der Waals surface area contributed by atoms with E-state index in [1.165, 1.54) is 14.0 Å². The van der Waals surface area contributed by atoms with E-state index in [4.69, 9.17) is 0 Å². The Bertz CT molecular complexity index is 755. The Morgan fingerprint density at radius 2 is 1.88 bits per heavy atom. The van der Waals surface area contributed by atoms with Crippen molar-refractivity contribution in [2.75, 3.05) is 12.4 Å². The molecular weight excluding hydrogens is 330 g/mol. The predicted molar refractivity (Wildman–Crippen MR) is 90.3 cm³/mol. The lowest BCUT2D eigenvalue weighted by molar-refractivity contribution is -0.145. The molecule has 1 aromatic heterocycles. The molecule has 2 N–H and O–H groups in total. The minimum atomic E-state index is -1.37. The molecule has 0 saturated carbocycles. The highest BCUT2D eigenvalue weighted by Crippen LogP contribution is 2.30. The molecule has 0 spiro atoms. The van der Waals surface area contributed by atoms with Gasteiger partial charge < -0.3 is 15.2 Å². The van der Waals surface area contributed by atoms with Gasteiger partial charge in [-0.05, 0) is 23.9 Å². The van der Waals surface area contributed by atoms with Crippen LogP contribution >= 0.6 is 11.3 Å². The third-order valence-electron chi connectivity index (χ3n) is 3.71. The molecule has 1 heterocycles. The second-order valence-corrected chi connectivity index (χ2v) is 6.30. The standard InChI is InChI=1S/C17H17NO5S/c1-17(16(21)22,11-6-4-3-5-7-11)10-13(19)18-12-8-9-24-14(12)15(20)23-2/h3-9H,10H2,1-2H3,(H,18,19)(H,21,22)/t17-/m0/s1. The minimum absolute atomic E-state index is 0.261. The topological polar surface area (TPSA) is 92.7 Å². The van der Waals surface area contributed by atoms with Crippen molar-refractivity contribution in [3.63, 3.8) is 0 Å². The molecule has 0 saturated heterocycles. The normalized spacial score (nSPS) is 12.9. The third kappa shape index (κ3) is 3.62. The molecule has 0 aliphatic rings. The Kier molecular flexibility index (Phi) is 5.35. The van der Waals surface area contributed by atoms with Gasteiger partial charge in [-0.25, -0.2) is 4.79 Å². The highest BCUT2D eigenvalue weighted by molar-refractivity contribution is 7.12. The lowest BCUT2D eigenvalue weighted by atomic mass is 9.79. The Labute approximate surface area is 143 Å². The predicted octanol–water partition coefficient (Wildman–Crippen LogP) is 2.91. The minimum Gasteiger partial charge on any atom is -0.481 e. The number of carboxylic acid groups (broad SMARTS) is 1. The van der Waals surface area contributed by atoms with Crippen molar-refractivity contribution in [3.05, 3.63) is 52.2 Å². The fraction of sp³-hybridized carbons (Fsp3) is 0.235. The summed E-state index contributed by atoms with van der Waals surface area (Å²) < 4.78 is 4.65. The number of methoxy groups -OCH3 is 1. The zero-order valence-corrected chi connectivity index (χ0v) is 14.1. The van der Waals surface area contributed by atoms with Crippen LogP contribution in [0.25, 0.3) is 0 Å². The van der Waals surface area contributed by atoms with Crippen LogP contribution in [0.2, 0.25) is 0 Å². The summed E-state index contributed by atoms with van der Waals surface area (Å²) in [6.45, 7) is 1.50. The molecule has 1 amide bonds. The van der Waals surface area contributed by atoms with Crippen LogP contribution in [0.5, 0.6) is 0 Å². The zero-order chi connectivity index (χ0) is 17.7. The van der Waals surface area contributed by atoms with Crippen molar-refractivity contribution in [2.24, 2.45) is 0 Å². The molecule has 0 bridgehead atoms. The Morgan fingerprint density at radius 1 is 1.21 bits per heavy atom. The summed E-state index contributed by atoms with van der Waals surface area (Å²) in [6, 6.07) is 10.2. The molecule has 2 aromatic rings. The summed E-state index contributed by atoms with van der Waals surface area (Å²) in [5.74, 6) is -2.14. The van der Waals surface area contributed by atoms with Gasteiger partial charge in [0.15, 0.2) is 0 Å².